The molecule has 0 aromatic heterocycles. The molecule has 0 saturated carbocycles. The largest absolute Gasteiger partial charge is 0.341 e. The molecule has 1 aliphatic rings. The van der Waals surface area contributed by atoms with Gasteiger partial charge in [-0.25, -0.2) is 4.79 Å². The molecule has 120 valence electrons. The van der Waals surface area contributed by atoms with Crippen molar-refractivity contribution in [2.24, 2.45) is 0 Å². The number of nitrogens with one attached hydrogen (secondary N) is 2. The molecule has 1 fully saturated rings. The maximum Gasteiger partial charge on any atom is 0.314 e. The zero-order valence-corrected chi connectivity index (χ0v) is 13.6. The minimum absolute atomic E-state index is 0.0111. The van der Waals surface area contributed by atoms with Crippen molar-refractivity contribution in [3.63, 3.8) is 0 Å². The molecule has 2 N–H and O–H groups in total. The molecule has 1 aliphatic heterocycles. The Morgan fingerprint density at radius 2 is 1.91 bits per heavy atom. The van der Waals surface area contributed by atoms with Crippen LogP contribution in [0.3, 0.4) is 0 Å². The summed E-state index contributed by atoms with van der Waals surface area (Å²) in [6.07, 6.45) is 1.96. The van der Waals surface area contributed by atoms with E-state index < -0.39 is 0 Å². The Balaban J connectivity index is 1.89. The van der Waals surface area contributed by atoms with Gasteiger partial charge in [-0.3, -0.25) is 4.79 Å². The Labute approximate surface area is 132 Å². The van der Waals surface area contributed by atoms with Gasteiger partial charge in [0.15, 0.2) is 0 Å². The van der Waals surface area contributed by atoms with E-state index in [0.29, 0.717) is 5.92 Å². The number of hydrogen-bond donors (Lipinski definition) is 2. The van der Waals surface area contributed by atoms with Gasteiger partial charge in [0.25, 0.3) is 0 Å². The second-order valence-corrected chi connectivity index (χ2v) is 5.95. The Morgan fingerprint density at radius 3 is 2.55 bits per heavy atom. The van der Waals surface area contributed by atoms with Crippen LogP contribution in [0.4, 0.5) is 4.79 Å². The van der Waals surface area contributed by atoms with Crippen LogP contribution >= 0.6 is 0 Å². The van der Waals surface area contributed by atoms with Crippen LogP contribution in [0.1, 0.15) is 35.4 Å². The zero-order valence-electron chi connectivity index (χ0n) is 13.6. The molecule has 0 unspecified atom stereocenters. The predicted molar refractivity (Wildman–Crippen MR) is 86.9 cm³/mol. The number of nitrogens with zero attached hydrogens (tertiary/aromatic N) is 1. The van der Waals surface area contributed by atoms with E-state index >= 15 is 0 Å². The van der Waals surface area contributed by atoms with Crippen molar-refractivity contribution in [1.82, 2.24) is 15.5 Å². The lowest BCUT2D eigenvalue weighted by molar-refractivity contribution is -0.131. The Hall–Kier alpha value is -2.04. The Kier molecular flexibility index (Phi) is 5.41. The average Bonchev–Trinajstić information content (AvgIpc) is 2.54. The summed E-state index contributed by atoms with van der Waals surface area (Å²) in [7, 11) is 1.54. The van der Waals surface area contributed by atoms with Gasteiger partial charge in [-0.2, -0.15) is 0 Å². The highest BCUT2D eigenvalue weighted by Crippen LogP contribution is 2.30. The molecule has 1 aromatic rings. The van der Waals surface area contributed by atoms with Gasteiger partial charge in [0, 0.05) is 20.1 Å². The molecule has 0 radical (unpaired) electrons. The molecule has 3 amide bonds. The van der Waals surface area contributed by atoms with Gasteiger partial charge in [0.1, 0.15) is 0 Å². The smallest absolute Gasteiger partial charge is 0.314 e. The first-order valence-electron chi connectivity index (χ1n) is 7.81. The van der Waals surface area contributed by atoms with Crippen LogP contribution in [0.5, 0.6) is 0 Å². The van der Waals surface area contributed by atoms with Crippen LogP contribution < -0.4 is 10.6 Å². The number of carbonyl (C=O) groups is 2. The molecular formula is C17H25N3O2. The van der Waals surface area contributed by atoms with E-state index in [-0.39, 0.29) is 18.5 Å². The minimum Gasteiger partial charge on any atom is -0.341 e. The molecule has 0 bridgehead atoms. The van der Waals surface area contributed by atoms with Crippen molar-refractivity contribution in [3.05, 3.63) is 34.9 Å². The molecule has 1 heterocycles. The van der Waals surface area contributed by atoms with E-state index in [1.54, 1.807) is 0 Å². The maximum atomic E-state index is 12.1. The van der Waals surface area contributed by atoms with Crippen LogP contribution in [0.15, 0.2) is 18.2 Å². The third-order valence-corrected chi connectivity index (χ3v) is 4.35. The second kappa shape index (κ2) is 7.29. The lowest BCUT2D eigenvalue weighted by Crippen LogP contribution is -2.45. The second-order valence-electron chi connectivity index (χ2n) is 5.95. The molecule has 5 nitrogen and oxygen atoms in total. The number of piperidine rings is 1. The van der Waals surface area contributed by atoms with Crippen molar-refractivity contribution < 1.29 is 9.59 Å². The summed E-state index contributed by atoms with van der Waals surface area (Å²) < 4.78 is 0. The number of carbonyl (C=O) groups excluding carboxylic acids is 2. The molecule has 22 heavy (non-hydrogen) atoms. The fourth-order valence-electron chi connectivity index (χ4n) is 3.00. The number of hydrogen-bond acceptors (Lipinski definition) is 2. The number of likely N-dealkylation sites (tertiary alicyclic amines) is 1. The van der Waals surface area contributed by atoms with E-state index in [4.69, 9.17) is 0 Å². The quantitative estimate of drug-likeness (QED) is 0.896. The first-order chi connectivity index (χ1) is 10.5. The predicted octanol–water partition coefficient (Wildman–Crippen LogP) is 1.94. The van der Waals surface area contributed by atoms with Crippen molar-refractivity contribution in [3.8, 4) is 0 Å². The van der Waals surface area contributed by atoms with E-state index in [0.717, 1.165) is 25.9 Å². The molecule has 0 atom stereocenters. The molecule has 1 saturated heterocycles. The van der Waals surface area contributed by atoms with E-state index in [1.807, 2.05) is 4.90 Å². The minimum atomic E-state index is -0.321. The number of aryl methyl sites for hydroxylation is 2. The van der Waals surface area contributed by atoms with Gasteiger partial charge >= 0.3 is 6.03 Å². The molecule has 2 rings (SSSR count). The summed E-state index contributed by atoms with van der Waals surface area (Å²) in [5, 5.41) is 4.99. The lowest BCUT2D eigenvalue weighted by Gasteiger charge is -2.33. The van der Waals surface area contributed by atoms with Gasteiger partial charge in [-0.15, -0.1) is 0 Å². The summed E-state index contributed by atoms with van der Waals surface area (Å²) in [5.41, 5.74) is 4.03. The molecule has 0 spiro atoms. The average molecular weight is 303 g/mol. The SMILES string of the molecule is CNC(=O)NCC(=O)N1CCC(c2cc(C)ccc2C)CC1. The lowest BCUT2D eigenvalue weighted by atomic mass is 9.86. The summed E-state index contributed by atoms with van der Waals surface area (Å²) in [6, 6.07) is 6.26. The van der Waals surface area contributed by atoms with Crippen molar-refractivity contribution in [2.75, 3.05) is 26.7 Å². The normalized spacial score (nSPS) is 15.5. The maximum absolute atomic E-state index is 12.1. The van der Waals surface area contributed by atoms with Crippen molar-refractivity contribution in [2.45, 2.75) is 32.6 Å². The Bertz CT molecular complexity index is 549. The standard InChI is InChI=1S/C17H25N3O2/c1-12-4-5-13(2)15(10-12)14-6-8-20(9-7-14)16(21)11-19-17(22)18-3/h4-5,10,14H,6-9,11H2,1-3H3,(H2,18,19,22). The summed E-state index contributed by atoms with van der Waals surface area (Å²) >= 11 is 0. The third-order valence-electron chi connectivity index (χ3n) is 4.35. The number of amides is 3. The fourth-order valence-corrected chi connectivity index (χ4v) is 3.00. The topological polar surface area (TPSA) is 61.4 Å². The van der Waals surface area contributed by atoms with Gasteiger partial charge in [-0.05, 0) is 43.7 Å². The number of benzene rings is 1. The van der Waals surface area contributed by atoms with Gasteiger partial charge < -0.3 is 15.5 Å². The summed E-state index contributed by atoms with van der Waals surface area (Å²) in [5.74, 6) is 0.513. The van der Waals surface area contributed by atoms with Crippen LogP contribution in [-0.2, 0) is 4.79 Å². The number of rotatable bonds is 3. The molecule has 5 heteroatoms. The van der Waals surface area contributed by atoms with E-state index in [9.17, 15) is 9.59 Å². The van der Waals surface area contributed by atoms with Crippen LogP contribution in [0, 0.1) is 13.8 Å². The zero-order chi connectivity index (χ0) is 16.1. The van der Waals surface area contributed by atoms with Crippen molar-refractivity contribution >= 4 is 11.9 Å². The van der Waals surface area contributed by atoms with Crippen LogP contribution in [-0.4, -0.2) is 43.5 Å². The summed E-state index contributed by atoms with van der Waals surface area (Å²) in [6.45, 7) is 5.85. The van der Waals surface area contributed by atoms with E-state index in [1.165, 1.54) is 23.7 Å². The van der Waals surface area contributed by atoms with Gasteiger partial charge in [0.2, 0.25) is 5.91 Å². The molecule has 1 aromatic carbocycles. The monoisotopic (exact) mass is 303 g/mol. The summed E-state index contributed by atoms with van der Waals surface area (Å²) in [4.78, 5) is 25.0. The molecular weight excluding hydrogens is 278 g/mol. The van der Waals surface area contributed by atoms with Gasteiger partial charge in [0.05, 0.1) is 6.54 Å². The van der Waals surface area contributed by atoms with Crippen LogP contribution in [0.25, 0.3) is 0 Å². The molecule has 0 aliphatic carbocycles. The fraction of sp³-hybridized carbons (Fsp3) is 0.529. The van der Waals surface area contributed by atoms with Crippen molar-refractivity contribution in [1.29, 1.82) is 0 Å². The first-order valence-corrected chi connectivity index (χ1v) is 7.81. The van der Waals surface area contributed by atoms with Crippen LogP contribution in [0.2, 0.25) is 0 Å². The highest BCUT2D eigenvalue weighted by atomic mass is 16.2. The van der Waals surface area contributed by atoms with Gasteiger partial charge in [-0.1, -0.05) is 23.8 Å². The third kappa shape index (κ3) is 4.00. The highest BCUT2D eigenvalue weighted by Gasteiger charge is 2.24. The Morgan fingerprint density at radius 1 is 1.23 bits per heavy atom. The van der Waals surface area contributed by atoms with E-state index in [2.05, 4.69) is 42.7 Å². The highest BCUT2D eigenvalue weighted by molar-refractivity contribution is 5.83. The first kappa shape index (κ1) is 16.3. The number of urea groups is 1.